The van der Waals surface area contributed by atoms with Gasteiger partial charge in [0.15, 0.2) is 0 Å². The molecule has 0 bridgehead atoms. The van der Waals surface area contributed by atoms with E-state index in [4.69, 9.17) is 17.3 Å². The smallest absolute Gasteiger partial charge is 0.240 e. The van der Waals surface area contributed by atoms with E-state index in [9.17, 15) is 4.79 Å². The Balaban J connectivity index is 1.91. The maximum atomic E-state index is 11.7. The summed E-state index contributed by atoms with van der Waals surface area (Å²) in [6.07, 6.45) is 2.30. The van der Waals surface area contributed by atoms with Crippen LogP contribution < -0.4 is 11.1 Å². The van der Waals surface area contributed by atoms with Crippen molar-refractivity contribution in [3.05, 3.63) is 34.9 Å². The molecule has 17 heavy (non-hydrogen) atoms. The lowest BCUT2D eigenvalue weighted by Gasteiger charge is -2.17. The van der Waals surface area contributed by atoms with Gasteiger partial charge in [0, 0.05) is 11.1 Å². The molecule has 2 rings (SSSR count). The van der Waals surface area contributed by atoms with Crippen molar-refractivity contribution in [2.24, 2.45) is 5.73 Å². The highest BCUT2D eigenvalue weighted by Crippen LogP contribution is 2.32. The second-order valence-electron chi connectivity index (χ2n) is 4.83. The van der Waals surface area contributed by atoms with E-state index in [0.717, 1.165) is 29.8 Å². The molecule has 0 spiro atoms. The Morgan fingerprint density at radius 3 is 2.76 bits per heavy atom. The Bertz CT molecular complexity index is 429. The van der Waals surface area contributed by atoms with Crippen LogP contribution in [0.3, 0.4) is 0 Å². The third-order valence-corrected chi connectivity index (χ3v) is 3.47. The molecule has 1 fully saturated rings. The van der Waals surface area contributed by atoms with Crippen LogP contribution in [-0.2, 0) is 11.2 Å². The molecule has 0 aromatic heterocycles. The van der Waals surface area contributed by atoms with Gasteiger partial charge in [-0.05, 0) is 37.8 Å². The molecule has 1 aromatic rings. The maximum Gasteiger partial charge on any atom is 0.240 e. The average Bonchev–Trinajstić information content (AvgIpc) is 3.01. The van der Waals surface area contributed by atoms with Crippen LogP contribution in [0.15, 0.2) is 24.3 Å². The van der Waals surface area contributed by atoms with Crippen molar-refractivity contribution >= 4 is 17.5 Å². The summed E-state index contributed by atoms with van der Waals surface area (Å²) in [5, 5.41) is 3.67. The van der Waals surface area contributed by atoms with Gasteiger partial charge in [-0.3, -0.25) is 4.79 Å². The van der Waals surface area contributed by atoms with Gasteiger partial charge in [0.05, 0.1) is 5.54 Å². The minimum absolute atomic E-state index is 0.0444. The summed E-state index contributed by atoms with van der Waals surface area (Å²) in [5.74, 6) is -0.0444. The number of rotatable bonds is 4. The molecule has 92 valence electrons. The summed E-state index contributed by atoms with van der Waals surface area (Å²) < 4.78 is 0. The number of hydrogen-bond acceptors (Lipinski definition) is 2. The number of amides is 1. The van der Waals surface area contributed by atoms with E-state index < -0.39 is 5.54 Å². The van der Waals surface area contributed by atoms with Crippen molar-refractivity contribution in [1.82, 2.24) is 5.32 Å². The Hall–Kier alpha value is -1.06. The SMILES string of the molecule is CC(Cc1ccccc1Cl)NC(=O)C1(N)CC1. The fraction of sp³-hybridized carbons (Fsp3) is 0.462. The molecule has 1 unspecified atom stereocenters. The second kappa shape index (κ2) is 4.67. The van der Waals surface area contributed by atoms with Gasteiger partial charge < -0.3 is 11.1 Å². The predicted molar refractivity (Wildman–Crippen MR) is 68.9 cm³/mol. The summed E-state index contributed by atoms with van der Waals surface area (Å²) in [6.45, 7) is 1.97. The van der Waals surface area contributed by atoms with Gasteiger partial charge in [-0.25, -0.2) is 0 Å². The highest BCUT2D eigenvalue weighted by atomic mass is 35.5. The summed E-state index contributed by atoms with van der Waals surface area (Å²) in [7, 11) is 0. The summed E-state index contributed by atoms with van der Waals surface area (Å²) in [5.41, 5.74) is 6.27. The van der Waals surface area contributed by atoms with Gasteiger partial charge in [-0.15, -0.1) is 0 Å². The third kappa shape index (κ3) is 2.99. The van der Waals surface area contributed by atoms with Gasteiger partial charge >= 0.3 is 0 Å². The molecule has 1 amide bonds. The largest absolute Gasteiger partial charge is 0.352 e. The second-order valence-corrected chi connectivity index (χ2v) is 5.23. The number of hydrogen-bond donors (Lipinski definition) is 2. The first kappa shape index (κ1) is 12.4. The molecule has 1 saturated carbocycles. The first-order valence-corrected chi connectivity index (χ1v) is 6.22. The number of carbonyl (C=O) groups excluding carboxylic acids is 1. The standard InChI is InChI=1S/C13H17ClN2O/c1-9(16-12(17)13(15)6-7-13)8-10-4-2-3-5-11(10)14/h2-5,9H,6-8,15H2,1H3,(H,16,17). The van der Waals surface area contributed by atoms with Crippen molar-refractivity contribution in [1.29, 1.82) is 0 Å². The zero-order chi connectivity index (χ0) is 12.5. The maximum absolute atomic E-state index is 11.7. The van der Waals surface area contributed by atoms with Gasteiger partial charge in [0.25, 0.3) is 0 Å². The third-order valence-electron chi connectivity index (χ3n) is 3.10. The van der Waals surface area contributed by atoms with Crippen LogP contribution in [0.25, 0.3) is 0 Å². The summed E-state index contributed by atoms with van der Waals surface area (Å²) in [4.78, 5) is 11.7. The van der Waals surface area contributed by atoms with E-state index in [1.54, 1.807) is 0 Å². The van der Waals surface area contributed by atoms with Crippen molar-refractivity contribution in [2.75, 3.05) is 0 Å². The van der Waals surface area contributed by atoms with Crippen LogP contribution in [0.1, 0.15) is 25.3 Å². The van der Waals surface area contributed by atoms with Crippen LogP contribution in [0, 0.1) is 0 Å². The topological polar surface area (TPSA) is 55.1 Å². The average molecular weight is 253 g/mol. The van der Waals surface area contributed by atoms with Gasteiger partial charge in [0.2, 0.25) is 5.91 Å². The Labute approximate surface area is 106 Å². The molecule has 1 aliphatic rings. The minimum Gasteiger partial charge on any atom is -0.352 e. The molecule has 1 atom stereocenters. The molecular weight excluding hydrogens is 236 g/mol. The number of halogens is 1. The van der Waals surface area contributed by atoms with E-state index in [0.29, 0.717) is 0 Å². The lowest BCUT2D eigenvalue weighted by Crippen LogP contribution is -2.46. The molecule has 3 N–H and O–H groups in total. The zero-order valence-electron chi connectivity index (χ0n) is 9.87. The molecular formula is C13H17ClN2O. The van der Waals surface area contributed by atoms with E-state index in [-0.39, 0.29) is 11.9 Å². The highest BCUT2D eigenvalue weighted by Gasteiger charge is 2.46. The van der Waals surface area contributed by atoms with Crippen LogP contribution in [0.5, 0.6) is 0 Å². The summed E-state index contributed by atoms with van der Waals surface area (Å²) in [6, 6.07) is 7.72. The van der Waals surface area contributed by atoms with E-state index in [2.05, 4.69) is 5.32 Å². The van der Waals surface area contributed by atoms with E-state index >= 15 is 0 Å². The van der Waals surface area contributed by atoms with Gasteiger partial charge in [-0.2, -0.15) is 0 Å². The Kier molecular flexibility index (Phi) is 3.40. The lowest BCUT2D eigenvalue weighted by molar-refractivity contribution is -0.123. The molecule has 0 aliphatic heterocycles. The first-order chi connectivity index (χ1) is 8.01. The van der Waals surface area contributed by atoms with E-state index in [1.807, 2.05) is 31.2 Å². The Morgan fingerprint density at radius 1 is 1.53 bits per heavy atom. The van der Waals surface area contributed by atoms with Crippen molar-refractivity contribution in [3.8, 4) is 0 Å². The van der Waals surface area contributed by atoms with Crippen molar-refractivity contribution in [3.63, 3.8) is 0 Å². The van der Waals surface area contributed by atoms with Crippen LogP contribution in [0.2, 0.25) is 5.02 Å². The van der Waals surface area contributed by atoms with Crippen molar-refractivity contribution in [2.45, 2.75) is 37.8 Å². The normalized spacial score (nSPS) is 18.5. The number of benzene rings is 1. The van der Waals surface area contributed by atoms with Crippen molar-refractivity contribution < 1.29 is 4.79 Å². The lowest BCUT2D eigenvalue weighted by atomic mass is 10.1. The summed E-state index contributed by atoms with van der Waals surface area (Å²) >= 11 is 6.07. The van der Waals surface area contributed by atoms with E-state index in [1.165, 1.54) is 0 Å². The fourth-order valence-electron chi connectivity index (χ4n) is 1.77. The monoisotopic (exact) mass is 252 g/mol. The minimum atomic E-state index is -0.602. The number of carbonyl (C=O) groups is 1. The van der Waals surface area contributed by atoms with Gasteiger partial charge in [-0.1, -0.05) is 29.8 Å². The fourth-order valence-corrected chi connectivity index (χ4v) is 1.99. The van der Waals surface area contributed by atoms with Crippen LogP contribution >= 0.6 is 11.6 Å². The predicted octanol–water partition coefficient (Wildman–Crippen LogP) is 1.88. The Morgan fingerprint density at radius 2 is 2.18 bits per heavy atom. The van der Waals surface area contributed by atoms with Crippen LogP contribution in [-0.4, -0.2) is 17.5 Å². The molecule has 1 aromatic carbocycles. The number of nitrogens with one attached hydrogen (secondary N) is 1. The number of nitrogens with two attached hydrogens (primary N) is 1. The quantitative estimate of drug-likeness (QED) is 0.860. The highest BCUT2D eigenvalue weighted by molar-refractivity contribution is 6.31. The molecule has 3 nitrogen and oxygen atoms in total. The first-order valence-electron chi connectivity index (χ1n) is 5.84. The molecule has 0 saturated heterocycles. The molecule has 0 heterocycles. The zero-order valence-corrected chi connectivity index (χ0v) is 10.6. The van der Waals surface area contributed by atoms with Gasteiger partial charge in [0.1, 0.15) is 0 Å². The molecule has 4 heteroatoms. The van der Waals surface area contributed by atoms with Crippen LogP contribution in [0.4, 0.5) is 0 Å². The molecule has 1 aliphatic carbocycles. The molecule has 0 radical (unpaired) electrons.